The molecule has 2 rings (SSSR count). The van der Waals surface area contributed by atoms with Crippen molar-refractivity contribution in [3.63, 3.8) is 0 Å². The van der Waals surface area contributed by atoms with Crippen molar-refractivity contribution < 1.29 is 9.90 Å². The fourth-order valence-corrected chi connectivity index (χ4v) is 3.12. The number of carbonyl (C=O) groups is 1. The molecule has 0 heterocycles. The Balaban J connectivity index is 1.85. The van der Waals surface area contributed by atoms with E-state index in [0.29, 0.717) is 18.4 Å². The first-order chi connectivity index (χ1) is 10.5. The number of amides is 2. The molecule has 0 saturated heterocycles. The first-order valence-corrected chi connectivity index (χ1v) is 8.32. The fraction of sp³-hybridized carbons (Fsp3) is 0.611. The summed E-state index contributed by atoms with van der Waals surface area (Å²) in [6, 6.07) is 10.0. The summed E-state index contributed by atoms with van der Waals surface area (Å²) < 4.78 is 0. The molecule has 1 saturated carbocycles. The van der Waals surface area contributed by atoms with E-state index < -0.39 is 0 Å². The van der Waals surface area contributed by atoms with Crippen molar-refractivity contribution >= 4 is 6.03 Å². The number of hydrogen-bond donors (Lipinski definition) is 3. The second kappa shape index (κ2) is 8.18. The first-order valence-electron chi connectivity index (χ1n) is 8.32. The molecule has 0 bridgehead atoms. The van der Waals surface area contributed by atoms with Crippen LogP contribution < -0.4 is 10.6 Å². The third-order valence-electron chi connectivity index (χ3n) is 4.28. The van der Waals surface area contributed by atoms with Gasteiger partial charge in [-0.1, -0.05) is 44.2 Å². The van der Waals surface area contributed by atoms with Gasteiger partial charge < -0.3 is 15.7 Å². The van der Waals surface area contributed by atoms with Crippen LogP contribution in [0, 0.1) is 11.8 Å². The Hall–Kier alpha value is -1.55. The number of nitrogens with one attached hydrogen (secondary N) is 2. The zero-order chi connectivity index (χ0) is 15.9. The number of carbonyl (C=O) groups excluding carboxylic acids is 1. The zero-order valence-electron chi connectivity index (χ0n) is 13.6. The van der Waals surface area contributed by atoms with Gasteiger partial charge in [0.2, 0.25) is 0 Å². The summed E-state index contributed by atoms with van der Waals surface area (Å²) in [5.41, 5.74) is 1.14. The monoisotopic (exact) mass is 304 g/mol. The Kier molecular flexibility index (Phi) is 6.25. The van der Waals surface area contributed by atoms with Crippen molar-refractivity contribution in [2.45, 2.75) is 51.7 Å². The van der Waals surface area contributed by atoms with Crippen LogP contribution in [0.3, 0.4) is 0 Å². The summed E-state index contributed by atoms with van der Waals surface area (Å²) in [5, 5.41) is 15.6. The highest BCUT2D eigenvalue weighted by Gasteiger charge is 2.23. The van der Waals surface area contributed by atoms with Gasteiger partial charge in [-0.25, -0.2) is 4.79 Å². The SMILES string of the molecule is CC(C)CC(NC(=O)NCC1CCC(O)C1)c1ccccc1. The Morgan fingerprint density at radius 1 is 1.27 bits per heavy atom. The van der Waals surface area contributed by atoms with Gasteiger partial charge in [0.05, 0.1) is 12.1 Å². The normalized spacial score (nSPS) is 22.5. The van der Waals surface area contributed by atoms with Gasteiger partial charge in [0.1, 0.15) is 0 Å². The zero-order valence-corrected chi connectivity index (χ0v) is 13.6. The maximum Gasteiger partial charge on any atom is 0.315 e. The van der Waals surface area contributed by atoms with Crippen LogP contribution in [0.25, 0.3) is 0 Å². The van der Waals surface area contributed by atoms with E-state index in [4.69, 9.17) is 0 Å². The second-order valence-corrected chi connectivity index (χ2v) is 6.78. The largest absolute Gasteiger partial charge is 0.393 e. The summed E-state index contributed by atoms with van der Waals surface area (Å²) in [7, 11) is 0. The van der Waals surface area contributed by atoms with Crippen molar-refractivity contribution in [3.8, 4) is 0 Å². The van der Waals surface area contributed by atoms with E-state index in [1.165, 1.54) is 0 Å². The molecule has 1 aromatic rings. The highest BCUT2D eigenvalue weighted by molar-refractivity contribution is 5.74. The van der Waals surface area contributed by atoms with Crippen LogP contribution in [0.1, 0.15) is 51.1 Å². The molecule has 1 aliphatic carbocycles. The molecular formula is C18H28N2O2. The molecule has 4 heteroatoms. The molecule has 22 heavy (non-hydrogen) atoms. The van der Waals surface area contributed by atoms with E-state index in [0.717, 1.165) is 31.2 Å². The lowest BCUT2D eigenvalue weighted by atomic mass is 9.97. The highest BCUT2D eigenvalue weighted by atomic mass is 16.3. The summed E-state index contributed by atoms with van der Waals surface area (Å²) in [6.45, 7) is 4.97. The van der Waals surface area contributed by atoms with Crippen molar-refractivity contribution in [1.82, 2.24) is 10.6 Å². The van der Waals surface area contributed by atoms with Crippen molar-refractivity contribution in [2.24, 2.45) is 11.8 Å². The summed E-state index contributed by atoms with van der Waals surface area (Å²) >= 11 is 0. The molecule has 1 aliphatic rings. The number of aliphatic hydroxyl groups is 1. The topological polar surface area (TPSA) is 61.4 Å². The van der Waals surface area contributed by atoms with Crippen LogP contribution in [0.15, 0.2) is 30.3 Å². The second-order valence-electron chi connectivity index (χ2n) is 6.78. The molecule has 0 radical (unpaired) electrons. The van der Waals surface area contributed by atoms with Crippen LogP contribution in [0.4, 0.5) is 4.79 Å². The van der Waals surface area contributed by atoms with Crippen LogP contribution in [-0.4, -0.2) is 23.8 Å². The maximum atomic E-state index is 12.2. The van der Waals surface area contributed by atoms with E-state index in [1.807, 2.05) is 18.2 Å². The third-order valence-corrected chi connectivity index (χ3v) is 4.28. The molecule has 1 fully saturated rings. The third kappa shape index (κ3) is 5.34. The van der Waals surface area contributed by atoms with Gasteiger partial charge in [0.15, 0.2) is 0 Å². The van der Waals surface area contributed by atoms with E-state index in [2.05, 4.69) is 36.6 Å². The van der Waals surface area contributed by atoms with E-state index in [-0.39, 0.29) is 18.2 Å². The van der Waals surface area contributed by atoms with Gasteiger partial charge in [-0.05, 0) is 43.1 Å². The number of aliphatic hydroxyl groups excluding tert-OH is 1. The molecule has 1 aromatic carbocycles. The predicted molar refractivity (Wildman–Crippen MR) is 88.5 cm³/mol. The number of rotatable bonds is 6. The molecule has 4 nitrogen and oxygen atoms in total. The van der Waals surface area contributed by atoms with Crippen molar-refractivity contribution in [3.05, 3.63) is 35.9 Å². The van der Waals surface area contributed by atoms with Gasteiger partial charge in [0.25, 0.3) is 0 Å². The Labute approximate surface area is 133 Å². The molecule has 3 atom stereocenters. The minimum atomic E-state index is -0.187. The quantitative estimate of drug-likeness (QED) is 0.755. The molecule has 0 aromatic heterocycles. The Bertz CT molecular complexity index is 461. The Morgan fingerprint density at radius 3 is 2.59 bits per heavy atom. The van der Waals surface area contributed by atoms with Crippen molar-refractivity contribution in [1.29, 1.82) is 0 Å². The van der Waals surface area contributed by atoms with Gasteiger partial charge in [0, 0.05) is 6.54 Å². The fourth-order valence-electron chi connectivity index (χ4n) is 3.12. The van der Waals surface area contributed by atoms with Gasteiger partial charge in [-0.2, -0.15) is 0 Å². The average molecular weight is 304 g/mol. The molecule has 0 spiro atoms. The number of urea groups is 1. The lowest BCUT2D eigenvalue weighted by Gasteiger charge is -2.22. The van der Waals surface area contributed by atoms with Gasteiger partial charge in [-0.15, -0.1) is 0 Å². The Morgan fingerprint density at radius 2 is 2.00 bits per heavy atom. The lowest BCUT2D eigenvalue weighted by molar-refractivity contribution is 0.177. The smallest absolute Gasteiger partial charge is 0.315 e. The number of hydrogen-bond acceptors (Lipinski definition) is 2. The molecular weight excluding hydrogens is 276 g/mol. The predicted octanol–water partition coefficient (Wildman–Crippen LogP) is 3.23. The molecule has 3 unspecified atom stereocenters. The molecule has 3 N–H and O–H groups in total. The summed E-state index contributed by atoms with van der Waals surface area (Å²) in [6.07, 6.45) is 3.38. The summed E-state index contributed by atoms with van der Waals surface area (Å²) in [5.74, 6) is 0.913. The van der Waals surface area contributed by atoms with E-state index in [1.54, 1.807) is 0 Å². The first kappa shape index (κ1) is 16.8. The van der Waals surface area contributed by atoms with E-state index >= 15 is 0 Å². The van der Waals surface area contributed by atoms with Crippen LogP contribution in [-0.2, 0) is 0 Å². The molecule has 122 valence electrons. The van der Waals surface area contributed by atoms with Crippen LogP contribution in [0.2, 0.25) is 0 Å². The molecule has 2 amide bonds. The minimum absolute atomic E-state index is 0.0374. The van der Waals surface area contributed by atoms with E-state index in [9.17, 15) is 9.90 Å². The van der Waals surface area contributed by atoms with Crippen LogP contribution >= 0.6 is 0 Å². The van der Waals surface area contributed by atoms with Gasteiger partial charge in [-0.3, -0.25) is 0 Å². The van der Waals surface area contributed by atoms with Crippen molar-refractivity contribution in [2.75, 3.05) is 6.54 Å². The average Bonchev–Trinajstić information content (AvgIpc) is 2.91. The van der Waals surface area contributed by atoms with Crippen LogP contribution in [0.5, 0.6) is 0 Å². The minimum Gasteiger partial charge on any atom is -0.393 e. The maximum absolute atomic E-state index is 12.2. The molecule has 0 aliphatic heterocycles. The van der Waals surface area contributed by atoms with Gasteiger partial charge >= 0.3 is 6.03 Å². The standard InChI is InChI=1S/C18H28N2O2/c1-13(2)10-17(15-6-4-3-5-7-15)20-18(22)19-12-14-8-9-16(21)11-14/h3-7,13-14,16-17,21H,8-12H2,1-2H3,(H2,19,20,22). The number of benzene rings is 1. The summed E-state index contributed by atoms with van der Waals surface area (Å²) in [4.78, 5) is 12.2. The lowest BCUT2D eigenvalue weighted by Crippen LogP contribution is -2.40. The highest BCUT2D eigenvalue weighted by Crippen LogP contribution is 2.24.